The Morgan fingerprint density at radius 2 is 1.81 bits per heavy atom. The van der Waals surface area contributed by atoms with Gasteiger partial charge in [-0.2, -0.15) is 0 Å². The fraction of sp³-hybridized carbons (Fsp3) is 0.278. The van der Waals surface area contributed by atoms with Crippen LogP contribution < -0.4 is 16.0 Å². The lowest BCUT2D eigenvalue weighted by Gasteiger charge is -2.12. The van der Waals surface area contributed by atoms with Crippen LogP contribution in [0.15, 0.2) is 58.1 Å². The molecule has 0 saturated heterocycles. The second-order valence-corrected chi connectivity index (χ2v) is 6.21. The molecule has 0 aliphatic carbocycles. The summed E-state index contributed by atoms with van der Waals surface area (Å²) >= 11 is 3.35. The molecule has 0 unspecified atom stereocenters. The fourth-order valence-electron chi connectivity index (χ4n) is 2.10. The maximum absolute atomic E-state index is 12.0. The smallest absolute Gasteiger partial charge is 0.251 e. The van der Waals surface area contributed by atoms with E-state index in [9.17, 15) is 4.79 Å². The van der Waals surface area contributed by atoms with E-state index in [0.29, 0.717) is 31.2 Å². The summed E-state index contributed by atoms with van der Waals surface area (Å²) in [5, 5.41) is 9.32. The number of guanidine groups is 1. The normalized spacial score (nSPS) is 10.6. The van der Waals surface area contributed by atoms with Gasteiger partial charge in [0.25, 0.3) is 5.91 Å². The van der Waals surface area contributed by atoms with Crippen molar-refractivity contribution >= 4 is 51.8 Å². The second-order valence-electron chi connectivity index (χ2n) is 5.29. The van der Waals surface area contributed by atoms with Gasteiger partial charge < -0.3 is 16.0 Å². The van der Waals surface area contributed by atoms with Gasteiger partial charge in [0.15, 0.2) is 5.96 Å². The highest BCUT2D eigenvalue weighted by molar-refractivity contribution is 14.0. The molecule has 0 fully saturated rings. The SMILES string of the molecule is CN=C(NCCCNC(=O)c1ccc(Br)cc1)NCc1ccccn1.I. The van der Waals surface area contributed by atoms with Crippen LogP contribution in [0.4, 0.5) is 0 Å². The number of pyridine rings is 1. The van der Waals surface area contributed by atoms with Crippen LogP contribution in [0.3, 0.4) is 0 Å². The molecule has 0 aliphatic heterocycles. The van der Waals surface area contributed by atoms with Crippen molar-refractivity contribution in [1.82, 2.24) is 20.9 Å². The quantitative estimate of drug-likeness (QED) is 0.222. The molecule has 3 N–H and O–H groups in total. The lowest BCUT2D eigenvalue weighted by Crippen LogP contribution is -2.38. The van der Waals surface area contributed by atoms with Crippen LogP contribution in [0.25, 0.3) is 0 Å². The van der Waals surface area contributed by atoms with Crippen molar-refractivity contribution in [2.75, 3.05) is 20.1 Å². The number of amides is 1. The molecular weight excluding hydrogens is 509 g/mol. The monoisotopic (exact) mass is 531 g/mol. The molecule has 0 aliphatic rings. The molecule has 2 aromatic rings. The number of nitrogens with one attached hydrogen (secondary N) is 3. The molecular formula is C18H23BrIN5O. The van der Waals surface area contributed by atoms with Gasteiger partial charge in [0.05, 0.1) is 12.2 Å². The average molecular weight is 532 g/mol. The Morgan fingerprint density at radius 1 is 1.08 bits per heavy atom. The first kappa shape index (κ1) is 22.4. The van der Waals surface area contributed by atoms with Gasteiger partial charge in [-0.05, 0) is 42.8 Å². The third kappa shape index (κ3) is 8.13. The highest BCUT2D eigenvalue weighted by atomic mass is 127. The van der Waals surface area contributed by atoms with E-state index in [1.807, 2.05) is 30.3 Å². The van der Waals surface area contributed by atoms with Gasteiger partial charge >= 0.3 is 0 Å². The van der Waals surface area contributed by atoms with Crippen LogP contribution in [0, 0.1) is 0 Å². The molecule has 1 aromatic heterocycles. The largest absolute Gasteiger partial charge is 0.356 e. The number of carbonyl (C=O) groups is 1. The van der Waals surface area contributed by atoms with E-state index in [4.69, 9.17) is 0 Å². The molecule has 140 valence electrons. The van der Waals surface area contributed by atoms with Gasteiger partial charge in [0.2, 0.25) is 0 Å². The fourth-order valence-corrected chi connectivity index (χ4v) is 2.36. The number of nitrogens with zero attached hydrogens (tertiary/aromatic N) is 2. The maximum Gasteiger partial charge on any atom is 0.251 e. The van der Waals surface area contributed by atoms with E-state index in [1.165, 1.54) is 0 Å². The molecule has 8 heteroatoms. The molecule has 1 amide bonds. The van der Waals surface area contributed by atoms with Crippen molar-refractivity contribution < 1.29 is 4.79 Å². The first-order valence-corrected chi connectivity index (χ1v) is 8.86. The van der Waals surface area contributed by atoms with Gasteiger partial charge in [-0.15, -0.1) is 24.0 Å². The highest BCUT2D eigenvalue weighted by Crippen LogP contribution is 2.10. The van der Waals surface area contributed by atoms with E-state index >= 15 is 0 Å². The molecule has 0 saturated carbocycles. The van der Waals surface area contributed by atoms with Crippen molar-refractivity contribution in [1.29, 1.82) is 0 Å². The number of hydrogen-bond donors (Lipinski definition) is 3. The summed E-state index contributed by atoms with van der Waals surface area (Å²) in [6.45, 7) is 1.92. The van der Waals surface area contributed by atoms with Crippen LogP contribution in [-0.4, -0.2) is 37.0 Å². The van der Waals surface area contributed by atoms with Crippen molar-refractivity contribution in [3.63, 3.8) is 0 Å². The number of hydrogen-bond acceptors (Lipinski definition) is 3. The first-order chi connectivity index (χ1) is 12.2. The molecule has 0 spiro atoms. The third-order valence-electron chi connectivity index (χ3n) is 3.42. The number of rotatable bonds is 7. The van der Waals surface area contributed by atoms with E-state index < -0.39 is 0 Å². The third-order valence-corrected chi connectivity index (χ3v) is 3.95. The topological polar surface area (TPSA) is 78.4 Å². The minimum absolute atomic E-state index is 0. The second kappa shape index (κ2) is 12.6. The molecule has 0 atom stereocenters. The van der Waals surface area contributed by atoms with Crippen molar-refractivity contribution in [2.45, 2.75) is 13.0 Å². The van der Waals surface area contributed by atoms with Crippen LogP contribution in [0.5, 0.6) is 0 Å². The van der Waals surface area contributed by atoms with E-state index in [-0.39, 0.29) is 29.9 Å². The molecule has 1 heterocycles. The van der Waals surface area contributed by atoms with Gasteiger partial charge in [-0.1, -0.05) is 22.0 Å². The first-order valence-electron chi connectivity index (χ1n) is 8.07. The average Bonchev–Trinajstić information content (AvgIpc) is 2.65. The van der Waals surface area contributed by atoms with Crippen LogP contribution in [0.2, 0.25) is 0 Å². The summed E-state index contributed by atoms with van der Waals surface area (Å²) in [7, 11) is 1.73. The zero-order valence-electron chi connectivity index (χ0n) is 14.5. The standard InChI is InChI=1S/C18H22BrN5O.HI/c1-20-18(24-13-16-5-2-3-10-21-16)23-12-4-11-22-17(25)14-6-8-15(19)9-7-14;/h2-3,5-10H,4,11-13H2,1H3,(H,22,25)(H2,20,23,24);1H. The van der Waals surface area contributed by atoms with Crippen molar-refractivity contribution in [2.24, 2.45) is 4.99 Å². The zero-order chi connectivity index (χ0) is 17.9. The lowest BCUT2D eigenvalue weighted by atomic mass is 10.2. The van der Waals surface area contributed by atoms with Crippen molar-refractivity contribution in [3.8, 4) is 0 Å². The van der Waals surface area contributed by atoms with Gasteiger partial charge in [0, 0.05) is 36.4 Å². The Labute approximate surface area is 179 Å². The molecule has 1 aromatic carbocycles. The summed E-state index contributed by atoms with van der Waals surface area (Å²) in [4.78, 5) is 20.4. The number of aliphatic imine (C=N–C) groups is 1. The summed E-state index contributed by atoms with van der Waals surface area (Å²) in [6.07, 6.45) is 2.56. The zero-order valence-corrected chi connectivity index (χ0v) is 18.5. The van der Waals surface area contributed by atoms with Crippen LogP contribution in [-0.2, 0) is 6.54 Å². The number of aromatic nitrogens is 1. The minimum atomic E-state index is -0.0647. The lowest BCUT2D eigenvalue weighted by molar-refractivity contribution is 0.0953. The highest BCUT2D eigenvalue weighted by Gasteiger charge is 2.04. The van der Waals surface area contributed by atoms with Gasteiger partial charge in [0.1, 0.15) is 0 Å². The number of carbonyl (C=O) groups excluding carboxylic acids is 1. The summed E-state index contributed by atoms with van der Waals surface area (Å²) in [6, 6.07) is 13.1. The van der Waals surface area contributed by atoms with E-state index in [2.05, 4.69) is 41.9 Å². The molecule has 2 rings (SSSR count). The number of benzene rings is 1. The predicted molar refractivity (Wildman–Crippen MR) is 119 cm³/mol. The van der Waals surface area contributed by atoms with Crippen LogP contribution >= 0.6 is 39.9 Å². The Kier molecular flexibility index (Phi) is 10.9. The summed E-state index contributed by atoms with van der Waals surface area (Å²) < 4.78 is 0.956. The van der Waals surface area contributed by atoms with Gasteiger partial charge in [-0.25, -0.2) is 0 Å². The van der Waals surface area contributed by atoms with Crippen LogP contribution in [0.1, 0.15) is 22.5 Å². The molecule has 26 heavy (non-hydrogen) atoms. The molecule has 0 bridgehead atoms. The Morgan fingerprint density at radius 3 is 2.46 bits per heavy atom. The Bertz CT molecular complexity index is 694. The molecule has 0 radical (unpaired) electrons. The summed E-state index contributed by atoms with van der Waals surface area (Å²) in [5.41, 5.74) is 1.61. The molecule has 6 nitrogen and oxygen atoms in total. The predicted octanol–water partition coefficient (Wildman–Crippen LogP) is 2.95. The minimum Gasteiger partial charge on any atom is -0.356 e. The summed E-state index contributed by atoms with van der Waals surface area (Å²) in [5.74, 6) is 0.648. The van der Waals surface area contributed by atoms with Gasteiger partial charge in [-0.3, -0.25) is 14.8 Å². The Balaban J connectivity index is 0.00000338. The van der Waals surface area contributed by atoms with E-state index in [1.54, 1.807) is 25.4 Å². The maximum atomic E-state index is 12.0. The van der Waals surface area contributed by atoms with E-state index in [0.717, 1.165) is 16.6 Å². The number of halogens is 2. The van der Waals surface area contributed by atoms with Crippen molar-refractivity contribution in [3.05, 3.63) is 64.4 Å². The Hall–Kier alpha value is -1.68.